The van der Waals surface area contributed by atoms with Crippen molar-refractivity contribution < 1.29 is 4.79 Å². The highest BCUT2D eigenvalue weighted by molar-refractivity contribution is 6.31. The highest BCUT2D eigenvalue weighted by Crippen LogP contribution is 2.40. The van der Waals surface area contributed by atoms with E-state index in [1.54, 1.807) is 6.20 Å². The van der Waals surface area contributed by atoms with Gasteiger partial charge < -0.3 is 9.47 Å². The first-order valence-corrected chi connectivity index (χ1v) is 12.4. The van der Waals surface area contributed by atoms with Crippen molar-refractivity contribution in [2.45, 2.75) is 45.1 Å². The fourth-order valence-electron chi connectivity index (χ4n) is 5.54. The summed E-state index contributed by atoms with van der Waals surface area (Å²) in [5.74, 6) is 0.103. The molecule has 4 aromatic rings. The number of carbonyl (C=O) groups excluding carboxylic acids is 1. The van der Waals surface area contributed by atoms with E-state index in [0.29, 0.717) is 11.6 Å². The standard InChI is InChI=1S/C29H30ClN3O/c1-3-29(26-9-5-4-7-21(26)2)12-15-32(16-13-29)28(34)25-20-33(19-22-8-6-14-31-18-22)27-17-23(30)10-11-24(25)27/h4-11,14,17-18,20H,3,12-13,15-16,19H2,1-2H3. The number of nitrogens with zero attached hydrogens (tertiary/aromatic N) is 3. The maximum Gasteiger partial charge on any atom is 0.256 e. The summed E-state index contributed by atoms with van der Waals surface area (Å²) in [6.45, 7) is 6.66. The Morgan fingerprint density at radius 3 is 2.59 bits per heavy atom. The largest absolute Gasteiger partial charge is 0.342 e. The minimum absolute atomic E-state index is 0.103. The summed E-state index contributed by atoms with van der Waals surface area (Å²) in [5.41, 5.74) is 5.73. The van der Waals surface area contributed by atoms with Crippen molar-refractivity contribution in [3.05, 3.63) is 100 Å². The summed E-state index contributed by atoms with van der Waals surface area (Å²) >= 11 is 6.33. The van der Waals surface area contributed by atoms with Gasteiger partial charge in [-0.15, -0.1) is 0 Å². The van der Waals surface area contributed by atoms with Crippen LogP contribution >= 0.6 is 11.6 Å². The zero-order valence-corrected chi connectivity index (χ0v) is 20.6. The van der Waals surface area contributed by atoms with Gasteiger partial charge in [0.25, 0.3) is 5.91 Å². The van der Waals surface area contributed by atoms with Crippen LogP contribution in [0.25, 0.3) is 10.9 Å². The lowest BCUT2D eigenvalue weighted by Gasteiger charge is -2.42. The molecule has 3 heterocycles. The third-order valence-corrected chi connectivity index (χ3v) is 7.79. The Balaban J connectivity index is 1.43. The number of hydrogen-bond acceptors (Lipinski definition) is 2. The maximum atomic E-state index is 13.7. The zero-order valence-electron chi connectivity index (χ0n) is 19.8. The molecule has 1 saturated heterocycles. The van der Waals surface area contributed by atoms with Gasteiger partial charge in [0.2, 0.25) is 0 Å². The van der Waals surface area contributed by atoms with Gasteiger partial charge in [-0.2, -0.15) is 0 Å². The molecule has 0 aliphatic carbocycles. The molecule has 0 spiro atoms. The van der Waals surface area contributed by atoms with Gasteiger partial charge in [-0.1, -0.05) is 54.9 Å². The van der Waals surface area contributed by atoms with Crippen molar-refractivity contribution >= 4 is 28.4 Å². The first-order chi connectivity index (χ1) is 16.5. The predicted octanol–water partition coefficient (Wildman–Crippen LogP) is 6.63. The number of pyridine rings is 1. The van der Waals surface area contributed by atoms with Crippen LogP contribution in [0.5, 0.6) is 0 Å². The summed E-state index contributed by atoms with van der Waals surface area (Å²) in [6, 6.07) is 18.5. The molecule has 174 valence electrons. The summed E-state index contributed by atoms with van der Waals surface area (Å²) in [5, 5.41) is 1.62. The molecule has 5 heteroatoms. The number of piperidine rings is 1. The van der Waals surface area contributed by atoms with Crippen molar-refractivity contribution in [2.24, 2.45) is 0 Å². The van der Waals surface area contributed by atoms with E-state index in [1.807, 2.05) is 47.6 Å². The zero-order chi connectivity index (χ0) is 23.7. The van der Waals surface area contributed by atoms with Gasteiger partial charge in [-0.25, -0.2) is 0 Å². The first kappa shape index (κ1) is 22.7. The monoisotopic (exact) mass is 471 g/mol. The molecule has 34 heavy (non-hydrogen) atoms. The Kier molecular flexibility index (Phi) is 6.18. The summed E-state index contributed by atoms with van der Waals surface area (Å²) in [7, 11) is 0. The molecule has 2 aromatic heterocycles. The van der Waals surface area contributed by atoms with Gasteiger partial charge >= 0.3 is 0 Å². The number of amides is 1. The van der Waals surface area contributed by atoms with Crippen LogP contribution in [0.4, 0.5) is 0 Å². The average molecular weight is 472 g/mol. The van der Waals surface area contributed by atoms with E-state index in [1.165, 1.54) is 11.1 Å². The molecule has 1 fully saturated rings. The molecular weight excluding hydrogens is 442 g/mol. The Labute approximate surface area is 206 Å². The average Bonchev–Trinajstić information content (AvgIpc) is 3.22. The topological polar surface area (TPSA) is 38.1 Å². The van der Waals surface area contributed by atoms with E-state index in [9.17, 15) is 4.79 Å². The molecule has 1 aliphatic rings. The highest BCUT2D eigenvalue weighted by Gasteiger charge is 2.37. The van der Waals surface area contributed by atoms with Crippen LogP contribution in [-0.2, 0) is 12.0 Å². The molecule has 1 amide bonds. The van der Waals surface area contributed by atoms with Crippen molar-refractivity contribution in [3.8, 4) is 0 Å². The van der Waals surface area contributed by atoms with Crippen LogP contribution in [0.3, 0.4) is 0 Å². The lowest BCUT2D eigenvalue weighted by atomic mass is 9.69. The second kappa shape index (κ2) is 9.27. The Hall–Kier alpha value is -3.11. The van der Waals surface area contributed by atoms with Crippen molar-refractivity contribution in [2.75, 3.05) is 13.1 Å². The van der Waals surface area contributed by atoms with Crippen LogP contribution in [0.1, 0.15) is 53.2 Å². The van der Waals surface area contributed by atoms with E-state index >= 15 is 0 Å². The molecule has 5 rings (SSSR count). The SMILES string of the molecule is CCC1(c2ccccc2C)CCN(C(=O)c2cn(Cc3cccnc3)c3cc(Cl)ccc23)CC1. The number of hydrogen-bond donors (Lipinski definition) is 0. The van der Waals surface area contributed by atoms with Gasteiger partial charge in [-0.3, -0.25) is 9.78 Å². The number of benzene rings is 2. The molecule has 0 radical (unpaired) electrons. The van der Waals surface area contributed by atoms with E-state index in [4.69, 9.17) is 11.6 Å². The van der Waals surface area contributed by atoms with Gasteiger partial charge in [0, 0.05) is 48.6 Å². The number of fused-ring (bicyclic) bond motifs is 1. The van der Waals surface area contributed by atoms with E-state index in [2.05, 4.69) is 47.7 Å². The molecule has 0 atom stereocenters. The van der Waals surface area contributed by atoms with Gasteiger partial charge in [0.05, 0.1) is 11.1 Å². The van der Waals surface area contributed by atoms with Gasteiger partial charge in [0.15, 0.2) is 0 Å². The van der Waals surface area contributed by atoms with E-state index in [-0.39, 0.29) is 11.3 Å². The molecule has 1 aliphatic heterocycles. The molecule has 0 unspecified atom stereocenters. The quantitative estimate of drug-likeness (QED) is 0.327. The highest BCUT2D eigenvalue weighted by atomic mass is 35.5. The van der Waals surface area contributed by atoms with E-state index < -0.39 is 0 Å². The first-order valence-electron chi connectivity index (χ1n) is 12.0. The molecular formula is C29H30ClN3O. The number of aryl methyl sites for hydroxylation is 1. The fraction of sp³-hybridized carbons (Fsp3) is 0.310. The lowest BCUT2D eigenvalue weighted by molar-refractivity contribution is 0.0663. The minimum atomic E-state index is 0.103. The van der Waals surface area contributed by atoms with Crippen LogP contribution in [0, 0.1) is 6.92 Å². The Morgan fingerprint density at radius 2 is 1.88 bits per heavy atom. The van der Waals surface area contributed by atoms with Crippen LogP contribution in [0.15, 0.2) is 73.2 Å². The van der Waals surface area contributed by atoms with Crippen LogP contribution in [-0.4, -0.2) is 33.4 Å². The van der Waals surface area contributed by atoms with Crippen molar-refractivity contribution in [3.63, 3.8) is 0 Å². The predicted molar refractivity (Wildman–Crippen MR) is 139 cm³/mol. The fourth-order valence-corrected chi connectivity index (χ4v) is 5.71. The summed E-state index contributed by atoms with van der Waals surface area (Å²) in [6.07, 6.45) is 8.67. The second-order valence-corrected chi connectivity index (χ2v) is 9.87. The smallest absolute Gasteiger partial charge is 0.256 e. The second-order valence-electron chi connectivity index (χ2n) is 9.43. The van der Waals surface area contributed by atoms with Gasteiger partial charge in [-0.05, 0) is 66.5 Å². The van der Waals surface area contributed by atoms with Gasteiger partial charge in [0.1, 0.15) is 0 Å². The molecule has 2 aromatic carbocycles. The van der Waals surface area contributed by atoms with E-state index in [0.717, 1.165) is 54.4 Å². The maximum absolute atomic E-state index is 13.7. The molecule has 0 saturated carbocycles. The summed E-state index contributed by atoms with van der Waals surface area (Å²) in [4.78, 5) is 20.0. The van der Waals surface area contributed by atoms with Crippen LogP contribution < -0.4 is 0 Å². The van der Waals surface area contributed by atoms with Crippen molar-refractivity contribution in [1.29, 1.82) is 0 Å². The van der Waals surface area contributed by atoms with Crippen molar-refractivity contribution in [1.82, 2.24) is 14.5 Å². The number of rotatable bonds is 5. The molecule has 4 nitrogen and oxygen atoms in total. The van der Waals surface area contributed by atoms with Crippen LogP contribution in [0.2, 0.25) is 5.02 Å². The third kappa shape index (κ3) is 4.12. The minimum Gasteiger partial charge on any atom is -0.342 e. The lowest BCUT2D eigenvalue weighted by Crippen LogP contribution is -2.45. The molecule has 0 N–H and O–H groups in total. The number of carbonyl (C=O) groups is 1. The summed E-state index contributed by atoms with van der Waals surface area (Å²) < 4.78 is 2.11. The normalized spacial score (nSPS) is 15.6. The number of likely N-dealkylation sites (tertiary alicyclic amines) is 1. The Bertz CT molecular complexity index is 1320. The Morgan fingerprint density at radius 1 is 1.09 bits per heavy atom. The number of halogens is 1. The third-order valence-electron chi connectivity index (χ3n) is 7.55. The molecule has 0 bridgehead atoms. The number of aromatic nitrogens is 2.